The third-order valence-corrected chi connectivity index (χ3v) is 4.64. The maximum absolute atomic E-state index is 11.0. The van der Waals surface area contributed by atoms with Crippen LogP contribution < -0.4 is 0 Å². The van der Waals surface area contributed by atoms with Gasteiger partial charge in [-0.25, -0.2) is 4.98 Å². The summed E-state index contributed by atoms with van der Waals surface area (Å²) in [4.78, 5) is 9.08. The molecular weight excluding hydrogens is 328 g/mol. The predicted molar refractivity (Wildman–Crippen MR) is 88.1 cm³/mol. The van der Waals surface area contributed by atoms with E-state index < -0.39 is 11.5 Å². The molecule has 0 aliphatic carbocycles. The summed E-state index contributed by atoms with van der Waals surface area (Å²) in [5, 5.41) is 11.0. The number of halogens is 1. The third kappa shape index (κ3) is 3.16. The van der Waals surface area contributed by atoms with Crippen molar-refractivity contribution in [3.63, 3.8) is 0 Å². The van der Waals surface area contributed by atoms with Crippen LogP contribution in [0.15, 0.2) is 41.0 Å². The van der Waals surface area contributed by atoms with Crippen LogP contribution in [0.25, 0.3) is 0 Å². The van der Waals surface area contributed by atoms with Crippen LogP contribution in [0, 0.1) is 6.92 Å². The van der Waals surface area contributed by atoms with Crippen LogP contribution in [0.1, 0.15) is 49.9 Å². The predicted octanol–water partition coefficient (Wildman–Crippen LogP) is 4.34. The Kier molecular flexibility index (Phi) is 5.12. The summed E-state index contributed by atoms with van der Waals surface area (Å²) in [5.41, 5.74) is 2.16. The monoisotopic (exact) mass is 348 g/mol. The van der Waals surface area contributed by atoms with Gasteiger partial charge in [-0.05, 0) is 60.0 Å². The topological polar surface area (TPSA) is 46.0 Å². The van der Waals surface area contributed by atoms with Crippen molar-refractivity contribution in [1.29, 1.82) is 0 Å². The number of aromatic nitrogens is 2. The molecule has 2 rings (SSSR count). The van der Waals surface area contributed by atoms with Gasteiger partial charge in [0.25, 0.3) is 0 Å². The van der Waals surface area contributed by atoms with Gasteiger partial charge in [0.15, 0.2) is 0 Å². The minimum absolute atomic E-state index is 0.417. The first-order chi connectivity index (χ1) is 10.0. The summed E-state index contributed by atoms with van der Waals surface area (Å²) in [7, 11) is 0. The number of rotatable bonds is 5. The molecule has 2 aromatic heterocycles. The number of pyridine rings is 2. The Bertz CT molecular complexity index is 611. The van der Waals surface area contributed by atoms with E-state index in [0.717, 1.165) is 28.8 Å². The van der Waals surface area contributed by atoms with Gasteiger partial charge in [-0.2, -0.15) is 0 Å². The van der Waals surface area contributed by atoms with Gasteiger partial charge in [-0.1, -0.05) is 26.0 Å². The molecule has 1 unspecified atom stereocenters. The molecule has 3 nitrogen and oxygen atoms in total. The lowest BCUT2D eigenvalue weighted by Crippen LogP contribution is -2.34. The molecule has 0 bridgehead atoms. The van der Waals surface area contributed by atoms with Gasteiger partial charge < -0.3 is 5.11 Å². The molecule has 2 aromatic rings. The average Bonchev–Trinajstić information content (AvgIpc) is 2.49. The molecule has 0 saturated heterocycles. The summed E-state index contributed by atoms with van der Waals surface area (Å²) in [6.45, 7) is 6.16. The van der Waals surface area contributed by atoms with E-state index in [1.165, 1.54) is 0 Å². The maximum atomic E-state index is 11.0. The number of aryl methyl sites for hydroxylation is 1. The molecule has 2 heterocycles. The van der Waals surface area contributed by atoms with Crippen LogP contribution in [0.3, 0.4) is 0 Å². The lowest BCUT2D eigenvalue weighted by atomic mass is 9.72. The normalized spacial score (nSPS) is 13.2. The van der Waals surface area contributed by atoms with Crippen LogP contribution in [0.4, 0.5) is 0 Å². The molecule has 0 saturated carbocycles. The summed E-state index contributed by atoms with van der Waals surface area (Å²) in [6.07, 6.45) is 0.921. The molecule has 112 valence electrons. The Hall–Kier alpha value is -1.26. The summed E-state index contributed by atoms with van der Waals surface area (Å²) in [5.74, 6) is 0. The maximum Gasteiger partial charge on any atom is 0.107 e. The van der Waals surface area contributed by atoms with Crippen molar-refractivity contribution in [3.8, 4) is 0 Å². The summed E-state index contributed by atoms with van der Waals surface area (Å²) in [6, 6.07) is 11.6. The molecule has 0 amide bonds. The lowest BCUT2D eigenvalue weighted by molar-refractivity contribution is 0.0662. The Labute approximate surface area is 134 Å². The molecule has 1 N–H and O–H groups in total. The third-order valence-electron chi connectivity index (χ3n) is 4.20. The van der Waals surface area contributed by atoms with E-state index in [1.54, 1.807) is 0 Å². The van der Waals surface area contributed by atoms with Gasteiger partial charge in [0.1, 0.15) is 10.7 Å². The number of hydrogen-bond donors (Lipinski definition) is 1. The molecular formula is C17H21BrN2O. The van der Waals surface area contributed by atoms with Crippen molar-refractivity contribution in [2.75, 3.05) is 0 Å². The minimum Gasteiger partial charge on any atom is -0.386 e. The molecule has 21 heavy (non-hydrogen) atoms. The van der Waals surface area contributed by atoms with Crippen LogP contribution in [-0.4, -0.2) is 15.1 Å². The molecule has 0 spiro atoms. The van der Waals surface area contributed by atoms with E-state index in [4.69, 9.17) is 0 Å². The number of aliphatic hydroxyl groups is 1. The van der Waals surface area contributed by atoms with Crippen LogP contribution in [-0.2, 0) is 5.41 Å². The standard InChI is InChI=1S/C17H21BrN2O/c1-4-17(5-2,14-10-6-8-12(3)19-14)16(21)13-9-7-11-15(18)20-13/h6-11,16,21H,4-5H2,1-3H3. The zero-order valence-electron chi connectivity index (χ0n) is 12.7. The van der Waals surface area contributed by atoms with E-state index in [2.05, 4.69) is 39.7 Å². The molecule has 4 heteroatoms. The van der Waals surface area contributed by atoms with Crippen LogP contribution >= 0.6 is 15.9 Å². The highest BCUT2D eigenvalue weighted by Gasteiger charge is 2.39. The number of nitrogens with zero attached hydrogens (tertiary/aromatic N) is 2. The fourth-order valence-electron chi connectivity index (χ4n) is 2.82. The Morgan fingerprint density at radius 3 is 2.33 bits per heavy atom. The van der Waals surface area contributed by atoms with E-state index in [-0.39, 0.29) is 0 Å². The molecule has 0 aromatic carbocycles. The Morgan fingerprint density at radius 2 is 1.76 bits per heavy atom. The van der Waals surface area contributed by atoms with Gasteiger partial charge in [0, 0.05) is 16.8 Å². The van der Waals surface area contributed by atoms with Gasteiger partial charge in [-0.15, -0.1) is 0 Å². The first kappa shape index (κ1) is 16.1. The summed E-state index contributed by atoms with van der Waals surface area (Å²) < 4.78 is 0.734. The highest BCUT2D eigenvalue weighted by atomic mass is 79.9. The SMILES string of the molecule is CCC(CC)(c1cccc(C)n1)C(O)c1cccc(Br)n1. The van der Waals surface area contributed by atoms with Crippen molar-refractivity contribution in [2.24, 2.45) is 0 Å². The van der Waals surface area contributed by atoms with Crippen molar-refractivity contribution < 1.29 is 5.11 Å². The molecule has 1 atom stereocenters. The fourth-order valence-corrected chi connectivity index (χ4v) is 3.18. The van der Waals surface area contributed by atoms with Crippen molar-refractivity contribution in [3.05, 3.63) is 58.1 Å². The molecule has 0 radical (unpaired) electrons. The number of hydrogen-bond acceptors (Lipinski definition) is 3. The second-order valence-corrected chi connectivity index (χ2v) is 6.13. The van der Waals surface area contributed by atoms with Gasteiger partial charge in [0.2, 0.25) is 0 Å². The fraction of sp³-hybridized carbons (Fsp3) is 0.412. The smallest absolute Gasteiger partial charge is 0.107 e. The molecule has 0 aliphatic heterocycles. The van der Waals surface area contributed by atoms with Crippen molar-refractivity contribution >= 4 is 15.9 Å². The largest absolute Gasteiger partial charge is 0.386 e. The Balaban J connectivity index is 2.51. The minimum atomic E-state index is -0.681. The van der Waals surface area contributed by atoms with Crippen LogP contribution in [0.5, 0.6) is 0 Å². The molecule has 0 fully saturated rings. The second kappa shape index (κ2) is 6.67. The van der Waals surface area contributed by atoms with E-state index in [9.17, 15) is 5.11 Å². The average molecular weight is 349 g/mol. The highest BCUT2D eigenvalue weighted by Crippen LogP contribution is 2.41. The lowest BCUT2D eigenvalue weighted by Gasteiger charge is -2.36. The number of aliphatic hydroxyl groups excluding tert-OH is 1. The van der Waals surface area contributed by atoms with Gasteiger partial charge >= 0.3 is 0 Å². The quantitative estimate of drug-likeness (QED) is 0.817. The van der Waals surface area contributed by atoms with Crippen molar-refractivity contribution in [1.82, 2.24) is 9.97 Å². The zero-order valence-corrected chi connectivity index (χ0v) is 14.3. The van der Waals surface area contributed by atoms with E-state index in [0.29, 0.717) is 5.69 Å². The Morgan fingerprint density at radius 1 is 1.10 bits per heavy atom. The van der Waals surface area contributed by atoms with E-state index >= 15 is 0 Å². The highest BCUT2D eigenvalue weighted by molar-refractivity contribution is 9.10. The van der Waals surface area contributed by atoms with Gasteiger partial charge in [-0.3, -0.25) is 4.98 Å². The van der Waals surface area contributed by atoms with Gasteiger partial charge in [0.05, 0.1) is 5.69 Å². The van der Waals surface area contributed by atoms with Crippen LogP contribution in [0.2, 0.25) is 0 Å². The molecule has 0 aliphatic rings. The first-order valence-electron chi connectivity index (χ1n) is 7.28. The second-order valence-electron chi connectivity index (χ2n) is 5.32. The van der Waals surface area contributed by atoms with E-state index in [1.807, 2.05) is 43.3 Å². The zero-order chi connectivity index (χ0) is 15.5. The summed E-state index contributed by atoms with van der Waals surface area (Å²) >= 11 is 3.37. The first-order valence-corrected chi connectivity index (χ1v) is 8.07. The van der Waals surface area contributed by atoms with Crippen molar-refractivity contribution in [2.45, 2.75) is 45.1 Å².